The summed E-state index contributed by atoms with van der Waals surface area (Å²) in [6.45, 7) is 13.9. The topological polar surface area (TPSA) is 32.8 Å². The number of hydrogen-bond donors (Lipinski definition) is 0. The van der Waals surface area contributed by atoms with Crippen molar-refractivity contribution in [2.45, 2.75) is 59.4 Å². The van der Waals surface area contributed by atoms with Crippen LogP contribution in [-0.4, -0.2) is 49.7 Å². The second kappa shape index (κ2) is 8.64. The van der Waals surface area contributed by atoms with E-state index in [1.54, 1.807) is 0 Å². The lowest BCUT2D eigenvalue weighted by atomic mass is 9.71. The molecular weight excluding hydrogens is 336 g/mol. The van der Waals surface area contributed by atoms with Gasteiger partial charge in [-0.05, 0) is 68.2 Å². The first-order valence-electron chi connectivity index (χ1n) is 10.6. The van der Waals surface area contributed by atoms with Gasteiger partial charge >= 0.3 is 5.97 Å². The Morgan fingerprint density at radius 2 is 1.59 bits per heavy atom. The van der Waals surface area contributed by atoms with Gasteiger partial charge in [0, 0.05) is 37.9 Å². The van der Waals surface area contributed by atoms with Gasteiger partial charge in [0.05, 0.1) is 12.2 Å². The van der Waals surface area contributed by atoms with Gasteiger partial charge in [-0.1, -0.05) is 20.8 Å². The van der Waals surface area contributed by atoms with Gasteiger partial charge in [-0.25, -0.2) is 4.79 Å². The van der Waals surface area contributed by atoms with E-state index >= 15 is 0 Å². The van der Waals surface area contributed by atoms with Crippen molar-refractivity contribution >= 4 is 11.7 Å². The van der Waals surface area contributed by atoms with Crippen LogP contribution in [0.1, 0.15) is 63.7 Å². The Balaban J connectivity index is 1.49. The van der Waals surface area contributed by atoms with Gasteiger partial charge in [0.25, 0.3) is 0 Å². The summed E-state index contributed by atoms with van der Waals surface area (Å²) >= 11 is 0. The van der Waals surface area contributed by atoms with Gasteiger partial charge in [0.1, 0.15) is 0 Å². The molecule has 3 rings (SSSR count). The molecule has 0 bridgehead atoms. The molecule has 1 saturated heterocycles. The van der Waals surface area contributed by atoms with Crippen molar-refractivity contribution in [2.24, 2.45) is 11.3 Å². The minimum absolute atomic E-state index is 0.236. The summed E-state index contributed by atoms with van der Waals surface area (Å²) in [6, 6.07) is 8.64. The Morgan fingerprint density at radius 3 is 2.11 bits per heavy atom. The monoisotopic (exact) mass is 372 g/mol. The SMILES string of the molecule is CCOC(=O)c1ccc(N2CCN(C3CCC(C(C)(C)C)CC3)CC2)cc1. The summed E-state index contributed by atoms with van der Waals surface area (Å²) in [4.78, 5) is 16.9. The third-order valence-electron chi connectivity index (χ3n) is 6.50. The largest absolute Gasteiger partial charge is 0.462 e. The number of nitrogens with zero attached hydrogens (tertiary/aromatic N) is 2. The van der Waals surface area contributed by atoms with E-state index in [1.165, 1.54) is 31.4 Å². The fraction of sp³-hybridized carbons (Fsp3) is 0.696. The van der Waals surface area contributed by atoms with E-state index in [1.807, 2.05) is 19.1 Å². The van der Waals surface area contributed by atoms with Crippen LogP contribution in [-0.2, 0) is 4.74 Å². The number of carbonyl (C=O) groups is 1. The predicted molar refractivity (Wildman–Crippen MR) is 111 cm³/mol. The normalized spacial score (nSPS) is 24.7. The minimum Gasteiger partial charge on any atom is -0.462 e. The van der Waals surface area contributed by atoms with Crippen LogP contribution in [0.5, 0.6) is 0 Å². The van der Waals surface area contributed by atoms with Gasteiger partial charge in [-0.2, -0.15) is 0 Å². The fourth-order valence-corrected chi connectivity index (χ4v) is 4.68. The summed E-state index contributed by atoms with van der Waals surface area (Å²) in [5.74, 6) is 0.646. The maximum atomic E-state index is 11.8. The molecule has 0 aromatic heterocycles. The fourth-order valence-electron chi connectivity index (χ4n) is 4.68. The second-order valence-electron chi connectivity index (χ2n) is 9.16. The lowest BCUT2D eigenvalue weighted by Crippen LogP contribution is -2.51. The van der Waals surface area contributed by atoms with Crippen molar-refractivity contribution in [3.05, 3.63) is 29.8 Å². The molecule has 0 atom stereocenters. The molecule has 1 aromatic carbocycles. The molecule has 1 heterocycles. The van der Waals surface area contributed by atoms with Crippen LogP contribution < -0.4 is 4.90 Å². The van der Waals surface area contributed by atoms with Crippen molar-refractivity contribution in [2.75, 3.05) is 37.7 Å². The van der Waals surface area contributed by atoms with Crippen molar-refractivity contribution in [1.29, 1.82) is 0 Å². The van der Waals surface area contributed by atoms with Crippen molar-refractivity contribution in [3.8, 4) is 0 Å². The Labute approximate surface area is 164 Å². The maximum Gasteiger partial charge on any atom is 0.338 e. The number of rotatable bonds is 4. The summed E-state index contributed by atoms with van der Waals surface area (Å²) in [5, 5.41) is 0. The highest BCUT2D eigenvalue weighted by atomic mass is 16.5. The predicted octanol–water partition coefficient (Wildman–Crippen LogP) is 4.59. The molecule has 0 spiro atoms. The summed E-state index contributed by atoms with van der Waals surface area (Å²) in [7, 11) is 0. The average molecular weight is 373 g/mol. The number of ether oxygens (including phenoxy) is 1. The highest BCUT2D eigenvalue weighted by molar-refractivity contribution is 5.89. The zero-order valence-electron chi connectivity index (χ0n) is 17.5. The second-order valence-corrected chi connectivity index (χ2v) is 9.16. The first-order valence-corrected chi connectivity index (χ1v) is 10.6. The Morgan fingerprint density at radius 1 is 1.00 bits per heavy atom. The van der Waals surface area contributed by atoms with Crippen LogP contribution in [0.25, 0.3) is 0 Å². The van der Waals surface area contributed by atoms with Crippen LogP contribution in [0, 0.1) is 11.3 Å². The highest BCUT2D eigenvalue weighted by Gasteiger charge is 2.33. The van der Waals surface area contributed by atoms with Crippen molar-refractivity contribution < 1.29 is 9.53 Å². The summed E-state index contributed by atoms with van der Waals surface area (Å²) < 4.78 is 5.06. The molecule has 150 valence electrons. The van der Waals surface area contributed by atoms with Crippen LogP contribution in [0.4, 0.5) is 5.69 Å². The van der Waals surface area contributed by atoms with Gasteiger partial charge in [-0.15, -0.1) is 0 Å². The molecule has 27 heavy (non-hydrogen) atoms. The Kier molecular flexibility index (Phi) is 6.46. The van der Waals surface area contributed by atoms with Crippen LogP contribution in [0.3, 0.4) is 0 Å². The zero-order valence-corrected chi connectivity index (χ0v) is 17.5. The van der Waals surface area contributed by atoms with Crippen molar-refractivity contribution in [3.63, 3.8) is 0 Å². The van der Waals surface area contributed by atoms with Crippen LogP contribution >= 0.6 is 0 Å². The van der Waals surface area contributed by atoms with E-state index in [0.717, 1.165) is 38.1 Å². The summed E-state index contributed by atoms with van der Waals surface area (Å²) in [5.41, 5.74) is 2.30. The average Bonchev–Trinajstić information content (AvgIpc) is 2.68. The number of piperazine rings is 1. The number of esters is 1. The van der Waals surface area contributed by atoms with Gasteiger partial charge in [-0.3, -0.25) is 4.90 Å². The van der Waals surface area contributed by atoms with E-state index < -0.39 is 0 Å². The molecule has 1 aromatic rings. The molecule has 4 nitrogen and oxygen atoms in total. The van der Waals surface area contributed by atoms with Gasteiger partial charge in [0.15, 0.2) is 0 Å². The third-order valence-corrected chi connectivity index (χ3v) is 6.50. The molecule has 0 N–H and O–H groups in total. The molecular formula is C23H36N2O2. The van der Waals surface area contributed by atoms with Crippen molar-refractivity contribution in [1.82, 2.24) is 4.90 Å². The smallest absolute Gasteiger partial charge is 0.338 e. The summed E-state index contributed by atoms with van der Waals surface area (Å²) in [6.07, 6.45) is 5.47. The van der Waals surface area contributed by atoms with E-state index in [4.69, 9.17) is 4.74 Å². The number of hydrogen-bond acceptors (Lipinski definition) is 4. The maximum absolute atomic E-state index is 11.8. The molecule has 1 saturated carbocycles. The molecule has 0 amide bonds. The molecule has 1 aliphatic carbocycles. The molecule has 0 radical (unpaired) electrons. The number of carbonyl (C=O) groups excluding carboxylic acids is 1. The Hall–Kier alpha value is -1.55. The zero-order chi connectivity index (χ0) is 19.4. The minimum atomic E-state index is -0.236. The molecule has 2 aliphatic rings. The van der Waals surface area contributed by atoms with Crippen LogP contribution in [0.15, 0.2) is 24.3 Å². The van der Waals surface area contributed by atoms with Gasteiger partial charge in [0.2, 0.25) is 0 Å². The lowest BCUT2D eigenvalue weighted by molar-refractivity contribution is 0.0526. The molecule has 0 unspecified atom stereocenters. The first-order chi connectivity index (χ1) is 12.9. The standard InChI is InChI=1S/C23H36N2O2/c1-5-27-22(26)18-6-10-20(11-7-18)24-14-16-25(17-15-24)21-12-8-19(9-13-21)23(2,3)4/h6-7,10-11,19,21H,5,8-9,12-17H2,1-4H3. The third kappa shape index (κ3) is 5.04. The first kappa shape index (κ1) is 20.2. The number of anilines is 1. The number of benzene rings is 1. The molecule has 1 aliphatic heterocycles. The van der Waals surface area contributed by atoms with Gasteiger partial charge < -0.3 is 9.64 Å². The molecule has 2 fully saturated rings. The van der Waals surface area contributed by atoms with E-state index in [0.29, 0.717) is 17.6 Å². The van der Waals surface area contributed by atoms with E-state index in [-0.39, 0.29) is 5.97 Å². The highest BCUT2D eigenvalue weighted by Crippen LogP contribution is 2.39. The molecule has 4 heteroatoms. The van der Waals surface area contributed by atoms with Crippen LogP contribution in [0.2, 0.25) is 0 Å². The van der Waals surface area contributed by atoms with E-state index in [9.17, 15) is 4.79 Å². The quantitative estimate of drug-likeness (QED) is 0.724. The Bertz CT molecular complexity index is 604. The lowest BCUT2D eigenvalue weighted by Gasteiger charge is -2.44. The van der Waals surface area contributed by atoms with E-state index in [2.05, 4.69) is 42.7 Å².